The van der Waals surface area contributed by atoms with Gasteiger partial charge in [-0.25, -0.2) is 4.98 Å². The van der Waals surface area contributed by atoms with Gasteiger partial charge in [0.1, 0.15) is 11.9 Å². The molecule has 0 saturated carbocycles. The van der Waals surface area contributed by atoms with E-state index >= 15 is 0 Å². The van der Waals surface area contributed by atoms with E-state index in [9.17, 15) is 5.26 Å². The van der Waals surface area contributed by atoms with Gasteiger partial charge in [-0.2, -0.15) is 5.26 Å². The van der Waals surface area contributed by atoms with E-state index < -0.39 is 0 Å². The summed E-state index contributed by atoms with van der Waals surface area (Å²) in [6, 6.07) is 10.4. The van der Waals surface area contributed by atoms with E-state index in [0.717, 1.165) is 47.0 Å². The zero-order chi connectivity index (χ0) is 26.3. The van der Waals surface area contributed by atoms with Crippen LogP contribution in [0.25, 0.3) is 6.08 Å². The Bertz CT molecular complexity index is 1090. The van der Waals surface area contributed by atoms with Crippen molar-refractivity contribution in [2.75, 3.05) is 29.1 Å². The maximum atomic E-state index is 9.78. The van der Waals surface area contributed by atoms with Crippen molar-refractivity contribution in [2.24, 2.45) is 5.41 Å². The normalized spacial score (nSPS) is 12.8. The van der Waals surface area contributed by atoms with Gasteiger partial charge in [0.2, 0.25) is 0 Å². The zero-order valence-electron chi connectivity index (χ0n) is 22.7. The first-order valence-corrected chi connectivity index (χ1v) is 12.3. The Labute approximate surface area is 212 Å². The molecule has 0 amide bonds. The first-order chi connectivity index (χ1) is 16.4. The van der Waals surface area contributed by atoms with Crippen LogP contribution in [0.15, 0.2) is 43.1 Å². The highest BCUT2D eigenvalue weighted by molar-refractivity contribution is 5.81. The van der Waals surface area contributed by atoms with Crippen LogP contribution < -0.4 is 20.9 Å². The van der Waals surface area contributed by atoms with Gasteiger partial charge in [-0.1, -0.05) is 46.1 Å². The highest BCUT2D eigenvalue weighted by atomic mass is 15.1. The average Bonchev–Trinajstić information content (AvgIpc) is 2.78. The summed E-state index contributed by atoms with van der Waals surface area (Å²) in [5.41, 5.74) is 5.52. The number of nitrogens with zero attached hydrogens (tertiary/aromatic N) is 3. The molecule has 188 valence electrons. The number of allylic oxidation sites excluding steroid dienone is 1. The lowest BCUT2D eigenvalue weighted by Crippen LogP contribution is -2.40. The fourth-order valence-corrected chi connectivity index (χ4v) is 3.93. The fourth-order valence-electron chi connectivity index (χ4n) is 3.93. The van der Waals surface area contributed by atoms with E-state index in [2.05, 4.69) is 87.7 Å². The van der Waals surface area contributed by atoms with Crippen LogP contribution in [-0.2, 0) is 0 Å². The summed E-state index contributed by atoms with van der Waals surface area (Å²) in [5, 5.41) is 20.2. The van der Waals surface area contributed by atoms with E-state index in [1.807, 2.05) is 38.2 Å². The number of aryl methyl sites for hydroxylation is 1. The second kappa shape index (κ2) is 11.8. The molecule has 2 rings (SSSR count). The maximum absolute atomic E-state index is 9.78. The summed E-state index contributed by atoms with van der Waals surface area (Å²) in [6.45, 7) is 24.0. The van der Waals surface area contributed by atoms with Gasteiger partial charge in [-0.3, -0.25) is 0 Å². The van der Waals surface area contributed by atoms with Gasteiger partial charge in [-0.05, 0) is 63.3 Å². The smallest absolute Gasteiger partial charge is 0.150 e. The number of hydrogen-bond acceptors (Lipinski definition) is 6. The third kappa shape index (κ3) is 7.51. The van der Waals surface area contributed by atoms with Crippen molar-refractivity contribution in [3.05, 3.63) is 59.8 Å². The Hall–Kier alpha value is -3.46. The van der Waals surface area contributed by atoms with Crippen LogP contribution in [0.4, 0.5) is 23.0 Å². The maximum Gasteiger partial charge on any atom is 0.150 e. The van der Waals surface area contributed by atoms with E-state index in [0.29, 0.717) is 11.4 Å². The van der Waals surface area contributed by atoms with Gasteiger partial charge in [0.25, 0.3) is 0 Å². The van der Waals surface area contributed by atoms with Crippen molar-refractivity contribution in [3.63, 3.8) is 0 Å². The van der Waals surface area contributed by atoms with Crippen molar-refractivity contribution in [3.8, 4) is 6.07 Å². The summed E-state index contributed by atoms with van der Waals surface area (Å²) in [7, 11) is 2.05. The number of benzene rings is 1. The number of hydrogen-bond donors (Lipinski definition) is 3. The van der Waals surface area contributed by atoms with Gasteiger partial charge in [0.05, 0.1) is 5.56 Å². The third-order valence-corrected chi connectivity index (χ3v) is 6.05. The molecule has 2 atom stereocenters. The average molecular weight is 475 g/mol. The molecule has 1 aromatic heterocycles. The zero-order valence-corrected chi connectivity index (χ0v) is 22.7. The first-order valence-electron chi connectivity index (χ1n) is 12.3. The molecule has 35 heavy (non-hydrogen) atoms. The Kier molecular flexibility index (Phi) is 9.36. The van der Waals surface area contributed by atoms with Gasteiger partial charge >= 0.3 is 0 Å². The molecule has 0 saturated heterocycles. The SMILES string of the molecule is C=Cc1c(Nc2nc(NC(C)[C@H](C)NC(=C)CC(C)(C)C)c(C)cc2C#N)cccc1N(C)CC. The molecule has 1 unspecified atom stereocenters. The monoisotopic (exact) mass is 474 g/mol. The van der Waals surface area contributed by atoms with Gasteiger partial charge in [0, 0.05) is 48.3 Å². The van der Waals surface area contributed by atoms with Crippen molar-refractivity contribution < 1.29 is 0 Å². The Morgan fingerprint density at radius 1 is 1.23 bits per heavy atom. The van der Waals surface area contributed by atoms with Crippen molar-refractivity contribution in [1.82, 2.24) is 10.3 Å². The molecule has 0 aliphatic heterocycles. The fraction of sp³-hybridized carbons (Fsp3) is 0.448. The van der Waals surface area contributed by atoms with Crippen LogP contribution in [0.3, 0.4) is 0 Å². The number of pyridine rings is 1. The second-order valence-corrected chi connectivity index (χ2v) is 10.5. The molecule has 0 radical (unpaired) electrons. The minimum atomic E-state index is 0.0870. The van der Waals surface area contributed by atoms with Crippen LogP contribution in [-0.4, -0.2) is 30.7 Å². The second-order valence-electron chi connectivity index (χ2n) is 10.5. The van der Waals surface area contributed by atoms with Crippen molar-refractivity contribution in [1.29, 1.82) is 5.26 Å². The minimum Gasteiger partial charge on any atom is -0.384 e. The molecule has 1 heterocycles. The summed E-state index contributed by atoms with van der Waals surface area (Å²) < 4.78 is 0. The molecule has 2 aromatic rings. The van der Waals surface area contributed by atoms with Gasteiger partial charge in [0.15, 0.2) is 5.82 Å². The van der Waals surface area contributed by atoms with Crippen LogP contribution in [0, 0.1) is 23.7 Å². The highest BCUT2D eigenvalue weighted by Crippen LogP contribution is 2.32. The molecule has 3 N–H and O–H groups in total. The van der Waals surface area contributed by atoms with Crippen LogP contribution >= 0.6 is 0 Å². The highest BCUT2D eigenvalue weighted by Gasteiger charge is 2.19. The van der Waals surface area contributed by atoms with E-state index in [4.69, 9.17) is 4.98 Å². The molecule has 6 heteroatoms. The molecular formula is C29H42N6. The predicted molar refractivity (Wildman–Crippen MR) is 151 cm³/mol. The van der Waals surface area contributed by atoms with Crippen LogP contribution in [0.1, 0.15) is 64.7 Å². The molecule has 0 aliphatic rings. The number of nitrogens with one attached hydrogen (secondary N) is 3. The molecule has 0 spiro atoms. The summed E-state index contributed by atoms with van der Waals surface area (Å²) in [6.07, 6.45) is 2.74. The van der Waals surface area contributed by atoms with E-state index in [1.54, 1.807) is 0 Å². The van der Waals surface area contributed by atoms with E-state index in [-0.39, 0.29) is 17.5 Å². The molecule has 6 nitrogen and oxygen atoms in total. The number of nitriles is 1. The molecule has 0 bridgehead atoms. The topological polar surface area (TPSA) is 76.0 Å². The quantitative estimate of drug-likeness (QED) is 0.331. The summed E-state index contributed by atoms with van der Waals surface area (Å²) in [5.74, 6) is 1.26. The number of aromatic nitrogens is 1. The third-order valence-electron chi connectivity index (χ3n) is 6.05. The predicted octanol–water partition coefficient (Wildman–Crippen LogP) is 6.83. The van der Waals surface area contributed by atoms with Crippen LogP contribution in [0.5, 0.6) is 0 Å². The standard InChI is InChI=1S/C29H42N6/c1-11-24-25(14-13-15-26(24)35(10)12-2)33-28-23(18-30)16-19(3)27(34-28)32-22(6)21(5)31-20(4)17-29(7,8)9/h11,13-16,21-22,31H,1,4,12,17H2,2-3,5-10H3,(H2,32,33,34)/t21-,22?/m0/s1. The number of rotatable bonds is 11. The first kappa shape index (κ1) is 27.8. The molecule has 0 aliphatic carbocycles. The van der Waals surface area contributed by atoms with Crippen molar-refractivity contribution in [2.45, 2.75) is 67.0 Å². The van der Waals surface area contributed by atoms with Crippen molar-refractivity contribution >= 4 is 29.1 Å². The lowest BCUT2D eigenvalue weighted by molar-refractivity contribution is 0.388. The molecule has 0 fully saturated rings. The van der Waals surface area contributed by atoms with Crippen LogP contribution in [0.2, 0.25) is 0 Å². The Morgan fingerprint density at radius 2 is 1.91 bits per heavy atom. The summed E-state index contributed by atoms with van der Waals surface area (Å²) in [4.78, 5) is 6.99. The lowest BCUT2D eigenvalue weighted by Gasteiger charge is -2.28. The number of anilines is 4. The molecule has 1 aromatic carbocycles. The van der Waals surface area contributed by atoms with Gasteiger partial charge < -0.3 is 20.9 Å². The molecular weight excluding hydrogens is 432 g/mol. The minimum absolute atomic E-state index is 0.0870. The Balaban J connectivity index is 2.31. The lowest BCUT2D eigenvalue weighted by atomic mass is 9.90. The Morgan fingerprint density at radius 3 is 2.49 bits per heavy atom. The van der Waals surface area contributed by atoms with E-state index in [1.165, 1.54) is 0 Å². The van der Waals surface area contributed by atoms with Gasteiger partial charge in [-0.15, -0.1) is 0 Å². The largest absolute Gasteiger partial charge is 0.384 e. The summed E-state index contributed by atoms with van der Waals surface area (Å²) >= 11 is 0.